The van der Waals surface area contributed by atoms with Crippen LogP contribution in [0.1, 0.15) is 50.5 Å². The van der Waals surface area contributed by atoms with Gasteiger partial charge in [-0.1, -0.05) is 47.9 Å². The predicted molar refractivity (Wildman–Crippen MR) is 90.5 cm³/mol. The van der Waals surface area contributed by atoms with Crippen LogP contribution in [0.3, 0.4) is 0 Å². The molecule has 1 nitrogen and oxygen atoms in total. The first kappa shape index (κ1) is 14.8. The van der Waals surface area contributed by atoms with E-state index in [0.717, 1.165) is 5.92 Å². The standard InChI is InChI=1S/C20H29N/c1-21-15-14-20-18(12-7-13-19(20)16-21)11-6-5-10-17-8-3-2-4-9-17/h2-4,8-9,18H,5-7,10-16H2,1H3. The van der Waals surface area contributed by atoms with E-state index >= 15 is 0 Å². The molecule has 2 aliphatic rings. The Labute approximate surface area is 130 Å². The summed E-state index contributed by atoms with van der Waals surface area (Å²) in [5, 5.41) is 0. The van der Waals surface area contributed by atoms with Gasteiger partial charge in [-0.25, -0.2) is 0 Å². The highest BCUT2D eigenvalue weighted by Gasteiger charge is 2.25. The van der Waals surface area contributed by atoms with Gasteiger partial charge >= 0.3 is 0 Å². The molecular formula is C20H29N. The van der Waals surface area contributed by atoms with E-state index in [0.29, 0.717) is 0 Å². The van der Waals surface area contributed by atoms with Crippen molar-refractivity contribution in [3.63, 3.8) is 0 Å². The molecule has 1 heteroatoms. The highest BCUT2D eigenvalue weighted by atomic mass is 15.1. The topological polar surface area (TPSA) is 3.24 Å². The maximum absolute atomic E-state index is 2.50. The third-order valence-electron chi connectivity index (χ3n) is 5.31. The van der Waals surface area contributed by atoms with Crippen molar-refractivity contribution >= 4 is 0 Å². The van der Waals surface area contributed by atoms with E-state index < -0.39 is 0 Å². The summed E-state index contributed by atoms with van der Waals surface area (Å²) >= 11 is 0. The van der Waals surface area contributed by atoms with Crippen LogP contribution in [0.2, 0.25) is 0 Å². The summed E-state index contributed by atoms with van der Waals surface area (Å²) in [6, 6.07) is 11.0. The minimum Gasteiger partial charge on any atom is -0.302 e. The van der Waals surface area contributed by atoms with E-state index in [9.17, 15) is 0 Å². The minimum absolute atomic E-state index is 0.915. The van der Waals surface area contributed by atoms with E-state index in [-0.39, 0.29) is 0 Å². The Bertz CT molecular complexity index is 474. The molecule has 1 aliphatic carbocycles. The summed E-state index contributed by atoms with van der Waals surface area (Å²) in [6.07, 6.45) is 11.0. The average Bonchev–Trinajstić information content (AvgIpc) is 2.52. The molecule has 0 N–H and O–H groups in total. The van der Waals surface area contributed by atoms with Crippen LogP contribution in [-0.4, -0.2) is 25.0 Å². The maximum Gasteiger partial charge on any atom is 0.0192 e. The second-order valence-electron chi connectivity index (χ2n) is 6.94. The number of aryl methyl sites for hydroxylation is 1. The molecule has 0 spiro atoms. The van der Waals surface area contributed by atoms with Crippen LogP contribution in [0.15, 0.2) is 41.5 Å². The van der Waals surface area contributed by atoms with Gasteiger partial charge in [0.25, 0.3) is 0 Å². The van der Waals surface area contributed by atoms with Crippen molar-refractivity contribution in [3.05, 3.63) is 47.0 Å². The number of likely N-dealkylation sites (N-methyl/N-ethyl adjacent to an activating group) is 1. The van der Waals surface area contributed by atoms with Crippen LogP contribution in [0.4, 0.5) is 0 Å². The van der Waals surface area contributed by atoms with E-state index in [1.54, 1.807) is 5.57 Å². The van der Waals surface area contributed by atoms with Gasteiger partial charge in [-0.2, -0.15) is 0 Å². The molecular weight excluding hydrogens is 254 g/mol. The van der Waals surface area contributed by atoms with Crippen molar-refractivity contribution in [1.29, 1.82) is 0 Å². The van der Waals surface area contributed by atoms with Gasteiger partial charge in [0.2, 0.25) is 0 Å². The summed E-state index contributed by atoms with van der Waals surface area (Å²) in [6.45, 7) is 2.52. The molecule has 1 aromatic carbocycles. The molecule has 1 aliphatic heterocycles. The molecule has 1 aromatic rings. The average molecular weight is 283 g/mol. The molecule has 0 amide bonds. The fraction of sp³-hybridized carbons (Fsp3) is 0.600. The molecule has 0 radical (unpaired) electrons. The third-order valence-corrected chi connectivity index (χ3v) is 5.31. The van der Waals surface area contributed by atoms with E-state index in [4.69, 9.17) is 0 Å². The molecule has 21 heavy (non-hydrogen) atoms. The van der Waals surface area contributed by atoms with Gasteiger partial charge in [0.05, 0.1) is 0 Å². The van der Waals surface area contributed by atoms with Crippen molar-refractivity contribution in [1.82, 2.24) is 4.90 Å². The Morgan fingerprint density at radius 3 is 2.81 bits per heavy atom. The van der Waals surface area contributed by atoms with Gasteiger partial charge in [-0.3, -0.25) is 0 Å². The number of unbranched alkanes of at least 4 members (excludes halogenated alkanes) is 1. The largest absolute Gasteiger partial charge is 0.302 e. The van der Waals surface area contributed by atoms with Crippen LogP contribution in [0.5, 0.6) is 0 Å². The smallest absolute Gasteiger partial charge is 0.0192 e. The highest BCUT2D eigenvalue weighted by molar-refractivity contribution is 5.24. The Balaban J connectivity index is 1.48. The van der Waals surface area contributed by atoms with E-state index in [2.05, 4.69) is 42.3 Å². The van der Waals surface area contributed by atoms with Crippen molar-refractivity contribution in [3.8, 4) is 0 Å². The fourth-order valence-corrected chi connectivity index (χ4v) is 4.15. The lowest BCUT2D eigenvalue weighted by Crippen LogP contribution is -2.31. The zero-order chi connectivity index (χ0) is 14.5. The Morgan fingerprint density at radius 2 is 1.95 bits per heavy atom. The van der Waals surface area contributed by atoms with Gasteiger partial charge in [0, 0.05) is 13.1 Å². The summed E-state index contributed by atoms with van der Waals surface area (Å²) in [4.78, 5) is 2.50. The monoisotopic (exact) mass is 283 g/mol. The number of rotatable bonds is 5. The molecule has 0 fully saturated rings. The number of benzene rings is 1. The zero-order valence-electron chi connectivity index (χ0n) is 13.5. The lowest BCUT2D eigenvalue weighted by Gasteiger charge is -2.35. The molecule has 0 saturated carbocycles. The van der Waals surface area contributed by atoms with Crippen LogP contribution in [0, 0.1) is 5.92 Å². The summed E-state index contributed by atoms with van der Waals surface area (Å²) in [5.41, 5.74) is 5.16. The first-order valence-electron chi connectivity index (χ1n) is 8.76. The van der Waals surface area contributed by atoms with Crippen LogP contribution < -0.4 is 0 Å². The lowest BCUT2D eigenvalue weighted by atomic mass is 9.77. The Hall–Kier alpha value is -1.08. The molecule has 1 heterocycles. The van der Waals surface area contributed by atoms with E-state index in [1.807, 2.05) is 5.57 Å². The zero-order valence-corrected chi connectivity index (χ0v) is 13.5. The molecule has 1 atom stereocenters. The summed E-state index contributed by atoms with van der Waals surface area (Å²) in [5.74, 6) is 0.915. The predicted octanol–water partition coefficient (Wildman–Crippen LogP) is 4.83. The van der Waals surface area contributed by atoms with Gasteiger partial charge in [0.1, 0.15) is 0 Å². The molecule has 3 rings (SSSR count). The summed E-state index contributed by atoms with van der Waals surface area (Å²) < 4.78 is 0. The van der Waals surface area contributed by atoms with Gasteiger partial charge in [-0.15, -0.1) is 0 Å². The third kappa shape index (κ3) is 3.97. The van der Waals surface area contributed by atoms with Gasteiger partial charge < -0.3 is 4.90 Å². The summed E-state index contributed by atoms with van der Waals surface area (Å²) in [7, 11) is 2.27. The van der Waals surface area contributed by atoms with Crippen molar-refractivity contribution in [2.24, 2.45) is 5.92 Å². The van der Waals surface area contributed by atoms with Crippen LogP contribution in [0.25, 0.3) is 0 Å². The van der Waals surface area contributed by atoms with E-state index in [1.165, 1.54) is 70.0 Å². The maximum atomic E-state index is 2.50. The second-order valence-corrected chi connectivity index (χ2v) is 6.94. The molecule has 114 valence electrons. The lowest BCUT2D eigenvalue weighted by molar-refractivity contribution is 0.306. The SMILES string of the molecule is CN1CCC2=C(CCCC2CCCCc2ccccc2)C1. The first-order valence-corrected chi connectivity index (χ1v) is 8.76. The van der Waals surface area contributed by atoms with Crippen molar-refractivity contribution in [2.45, 2.75) is 51.4 Å². The number of nitrogens with zero attached hydrogens (tertiary/aromatic N) is 1. The van der Waals surface area contributed by atoms with Gasteiger partial charge in [0.15, 0.2) is 0 Å². The van der Waals surface area contributed by atoms with Gasteiger partial charge in [-0.05, 0) is 63.5 Å². The molecule has 0 saturated heterocycles. The minimum atomic E-state index is 0.915. The highest BCUT2D eigenvalue weighted by Crippen LogP contribution is 2.37. The Kier molecular flexibility index (Phi) is 5.13. The quantitative estimate of drug-likeness (QED) is 0.552. The normalized spacial score (nSPS) is 23.2. The Morgan fingerprint density at radius 1 is 1.10 bits per heavy atom. The number of hydrogen-bond acceptors (Lipinski definition) is 1. The fourth-order valence-electron chi connectivity index (χ4n) is 4.15. The second kappa shape index (κ2) is 7.26. The molecule has 0 bridgehead atoms. The first-order chi connectivity index (χ1) is 10.3. The van der Waals surface area contributed by atoms with Crippen LogP contribution >= 0.6 is 0 Å². The molecule has 1 unspecified atom stereocenters. The number of hydrogen-bond donors (Lipinski definition) is 0. The van der Waals surface area contributed by atoms with Crippen LogP contribution in [-0.2, 0) is 6.42 Å². The van der Waals surface area contributed by atoms with Crippen molar-refractivity contribution < 1.29 is 0 Å². The molecule has 0 aromatic heterocycles. The van der Waals surface area contributed by atoms with Crippen molar-refractivity contribution in [2.75, 3.05) is 20.1 Å².